The van der Waals surface area contributed by atoms with Crippen molar-refractivity contribution in [2.24, 2.45) is 17.3 Å². The van der Waals surface area contributed by atoms with Crippen LogP contribution in [-0.4, -0.2) is 37.1 Å². The van der Waals surface area contributed by atoms with Crippen LogP contribution in [0.2, 0.25) is 0 Å². The second-order valence-corrected chi connectivity index (χ2v) is 9.20. The van der Waals surface area contributed by atoms with Crippen LogP contribution < -0.4 is 5.32 Å². The molecule has 0 radical (unpaired) electrons. The molecule has 2 heteroatoms. The lowest BCUT2D eigenvalue weighted by atomic mass is 9.57. The van der Waals surface area contributed by atoms with Crippen LogP contribution in [-0.2, 0) is 0 Å². The van der Waals surface area contributed by atoms with Gasteiger partial charge in [-0.1, -0.05) is 40.0 Å². The Morgan fingerprint density at radius 3 is 2.42 bits per heavy atom. The molecule has 1 aliphatic carbocycles. The maximum Gasteiger partial charge on any atom is 0.00387 e. The van der Waals surface area contributed by atoms with Crippen LogP contribution in [0.1, 0.15) is 91.9 Å². The van der Waals surface area contributed by atoms with Crippen molar-refractivity contribution in [3.05, 3.63) is 0 Å². The fourth-order valence-electron chi connectivity index (χ4n) is 4.78. The van der Waals surface area contributed by atoms with Gasteiger partial charge in [0.05, 0.1) is 0 Å². The maximum atomic E-state index is 3.74. The second kappa shape index (κ2) is 10.2. The minimum absolute atomic E-state index is 0.715. The first kappa shape index (κ1) is 20.2. The number of likely N-dealkylation sites (tertiary alicyclic amines) is 1. The van der Waals surface area contributed by atoms with Crippen LogP contribution in [0.5, 0.6) is 0 Å². The highest BCUT2D eigenvalue weighted by Crippen LogP contribution is 2.53. The Morgan fingerprint density at radius 2 is 1.79 bits per heavy atom. The van der Waals surface area contributed by atoms with Crippen molar-refractivity contribution < 1.29 is 0 Å². The van der Waals surface area contributed by atoms with E-state index in [1.807, 2.05) is 0 Å². The summed E-state index contributed by atoms with van der Waals surface area (Å²) in [4.78, 5) is 2.74. The molecule has 2 rings (SSSR count). The van der Waals surface area contributed by atoms with E-state index >= 15 is 0 Å². The number of hydrogen-bond acceptors (Lipinski definition) is 2. The summed E-state index contributed by atoms with van der Waals surface area (Å²) in [7, 11) is 0. The fraction of sp³-hybridized carbons (Fsp3) is 1.00. The molecule has 2 fully saturated rings. The van der Waals surface area contributed by atoms with Crippen LogP contribution in [0.4, 0.5) is 0 Å². The van der Waals surface area contributed by atoms with Gasteiger partial charge in [0.2, 0.25) is 0 Å². The highest BCUT2D eigenvalue weighted by atomic mass is 15.1. The molecule has 1 saturated carbocycles. The van der Waals surface area contributed by atoms with Crippen LogP contribution in [0.15, 0.2) is 0 Å². The molecule has 0 amide bonds. The van der Waals surface area contributed by atoms with Crippen molar-refractivity contribution in [1.29, 1.82) is 0 Å². The maximum absolute atomic E-state index is 3.74. The molecule has 2 atom stereocenters. The first-order valence-corrected chi connectivity index (χ1v) is 11.0. The first-order valence-electron chi connectivity index (χ1n) is 11.0. The van der Waals surface area contributed by atoms with Gasteiger partial charge in [-0.15, -0.1) is 0 Å². The van der Waals surface area contributed by atoms with Gasteiger partial charge in [0.15, 0.2) is 0 Å². The quantitative estimate of drug-likeness (QED) is 0.538. The van der Waals surface area contributed by atoms with E-state index < -0.39 is 0 Å². The van der Waals surface area contributed by atoms with E-state index in [4.69, 9.17) is 0 Å². The average molecular weight is 337 g/mol. The van der Waals surface area contributed by atoms with Crippen LogP contribution in [0.25, 0.3) is 0 Å². The van der Waals surface area contributed by atoms with Crippen molar-refractivity contribution in [2.45, 2.75) is 97.9 Å². The topological polar surface area (TPSA) is 15.3 Å². The molecule has 2 nitrogen and oxygen atoms in total. The molecule has 1 spiro atoms. The van der Waals surface area contributed by atoms with E-state index in [2.05, 4.69) is 37.9 Å². The number of unbranched alkanes of at least 4 members (excludes halogenated alkanes) is 1. The van der Waals surface area contributed by atoms with Gasteiger partial charge in [-0.2, -0.15) is 0 Å². The van der Waals surface area contributed by atoms with Crippen LogP contribution in [0.3, 0.4) is 0 Å². The Hall–Kier alpha value is -0.0800. The number of rotatable bonds is 11. The molecule has 1 saturated heterocycles. The number of hydrogen-bond donors (Lipinski definition) is 1. The molecule has 24 heavy (non-hydrogen) atoms. The summed E-state index contributed by atoms with van der Waals surface area (Å²) in [5, 5.41) is 3.74. The Morgan fingerprint density at radius 1 is 1.08 bits per heavy atom. The molecular weight excluding hydrogens is 292 g/mol. The van der Waals surface area contributed by atoms with Crippen LogP contribution in [0, 0.1) is 17.3 Å². The van der Waals surface area contributed by atoms with E-state index in [-0.39, 0.29) is 0 Å². The summed E-state index contributed by atoms with van der Waals surface area (Å²) in [6, 6.07) is 0.715. The second-order valence-electron chi connectivity index (χ2n) is 9.20. The number of nitrogens with zero attached hydrogens (tertiary/aromatic N) is 1. The summed E-state index contributed by atoms with van der Waals surface area (Å²) in [6.45, 7) is 14.7. The summed E-state index contributed by atoms with van der Waals surface area (Å²) in [6.07, 6.45) is 14.2. The van der Waals surface area contributed by atoms with Gasteiger partial charge in [0, 0.05) is 6.04 Å². The molecule has 2 unspecified atom stereocenters. The number of piperidine rings is 1. The van der Waals surface area contributed by atoms with Gasteiger partial charge in [-0.3, -0.25) is 0 Å². The molecule has 1 aliphatic heterocycles. The van der Waals surface area contributed by atoms with Crippen molar-refractivity contribution in [1.82, 2.24) is 10.2 Å². The molecular formula is C22H44N2. The summed E-state index contributed by atoms with van der Waals surface area (Å²) < 4.78 is 0. The first-order chi connectivity index (χ1) is 11.6. The molecule has 0 aromatic rings. The smallest absolute Gasteiger partial charge is 0.00387 e. The molecule has 2 aliphatic rings. The van der Waals surface area contributed by atoms with Crippen molar-refractivity contribution in [2.75, 3.05) is 26.2 Å². The third-order valence-electron chi connectivity index (χ3n) is 7.03. The third kappa shape index (κ3) is 6.33. The zero-order valence-corrected chi connectivity index (χ0v) is 17.1. The molecule has 1 heterocycles. The van der Waals surface area contributed by atoms with Gasteiger partial charge < -0.3 is 10.2 Å². The van der Waals surface area contributed by atoms with E-state index in [1.165, 1.54) is 90.4 Å². The molecule has 0 aromatic carbocycles. The van der Waals surface area contributed by atoms with E-state index in [9.17, 15) is 0 Å². The average Bonchev–Trinajstić information content (AvgIpc) is 2.57. The van der Waals surface area contributed by atoms with Crippen molar-refractivity contribution >= 4 is 0 Å². The van der Waals surface area contributed by atoms with Crippen LogP contribution >= 0.6 is 0 Å². The minimum Gasteiger partial charge on any atom is -0.314 e. The SMILES string of the molecule is CCCCC(C)NCCC1CC2(CCN(CCC(C)CC)CC2)C1. The molecule has 142 valence electrons. The van der Waals surface area contributed by atoms with Gasteiger partial charge in [-0.25, -0.2) is 0 Å². The van der Waals surface area contributed by atoms with Crippen molar-refractivity contribution in [3.8, 4) is 0 Å². The van der Waals surface area contributed by atoms with Gasteiger partial charge >= 0.3 is 0 Å². The Kier molecular flexibility index (Phi) is 8.57. The zero-order chi connectivity index (χ0) is 17.4. The van der Waals surface area contributed by atoms with Gasteiger partial charge in [0.25, 0.3) is 0 Å². The summed E-state index contributed by atoms with van der Waals surface area (Å²) in [5.74, 6) is 1.92. The Labute approximate surface area is 152 Å². The number of nitrogens with one attached hydrogen (secondary N) is 1. The molecule has 0 aromatic heterocycles. The van der Waals surface area contributed by atoms with Gasteiger partial charge in [-0.05, 0) is 95.3 Å². The fourth-order valence-corrected chi connectivity index (χ4v) is 4.78. The lowest BCUT2D eigenvalue weighted by Gasteiger charge is -2.52. The predicted molar refractivity (Wildman–Crippen MR) is 107 cm³/mol. The minimum atomic E-state index is 0.715. The highest BCUT2D eigenvalue weighted by Gasteiger charge is 2.45. The normalized spacial score (nSPS) is 24.0. The lowest BCUT2D eigenvalue weighted by molar-refractivity contribution is -0.0168. The predicted octanol–water partition coefficient (Wildman–Crippen LogP) is 5.47. The van der Waals surface area contributed by atoms with Crippen molar-refractivity contribution in [3.63, 3.8) is 0 Å². The molecule has 1 N–H and O–H groups in total. The summed E-state index contributed by atoms with van der Waals surface area (Å²) in [5.41, 5.74) is 0.755. The standard InChI is InChI=1S/C22H44N2/c1-5-7-8-20(4)23-13-9-21-17-22(18-21)11-15-24(16-12-22)14-10-19(3)6-2/h19-21,23H,5-18H2,1-4H3. The van der Waals surface area contributed by atoms with E-state index in [0.717, 1.165) is 17.3 Å². The lowest BCUT2D eigenvalue weighted by Crippen LogP contribution is -2.48. The van der Waals surface area contributed by atoms with E-state index in [1.54, 1.807) is 0 Å². The van der Waals surface area contributed by atoms with E-state index in [0.29, 0.717) is 6.04 Å². The third-order valence-corrected chi connectivity index (χ3v) is 7.03. The molecule has 0 bridgehead atoms. The summed E-state index contributed by atoms with van der Waals surface area (Å²) >= 11 is 0. The Balaban J connectivity index is 1.53. The monoisotopic (exact) mass is 336 g/mol. The van der Waals surface area contributed by atoms with Gasteiger partial charge in [0.1, 0.15) is 0 Å². The zero-order valence-electron chi connectivity index (χ0n) is 17.1. The largest absolute Gasteiger partial charge is 0.314 e. The Bertz CT molecular complexity index is 325. The highest BCUT2D eigenvalue weighted by molar-refractivity contribution is 4.97.